The summed E-state index contributed by atoms with van der Waals surface area (Å²) in [5.74, 6) is -0.0399. The molecule has 0 saturated carbocycles. The van der Waals surface area contributed by atoms with Gasteiger partial charge in [0.25, 0.3) is 0 Å². The number of benzene rings is 2. The van der Waals surface area contributed by atoms with E-state index in [4.69, 9.17) is 25.5 Å². The Balaban J connectivity index is 1.55. The normalized spacial score (nSPS) is 15.6. The quantitative estimate of drug-likeness (QED) is 0.0782. The molecule has 1 aromatic heterocycles. The number of aliphatic hydroxyl groups excluding tert-OH is 2. The predicted octanol–water partition coefficient (Wildman–Crippen LogP) is 9.98. The fourth-order valence-electron chi connectivity index (χ4n) is 6.12. The lowest BCUT2D eigenvalue weighted by molar-refractivity contribution is -0.160. The molecule has 0 aliphatic heterocycles. The lowest BCUT2D eigenvalue weighted by atomic mass is 9.73. The summed E-state index contributed by atoms with van der Waals surface area (Å²) in [4.78, 5) is 12.9. The van der Waals surface area contributed by atoms with Crippen LogP contribution < -0.4 is 4.74 Å². The van der Waals surface area contributed by atoms with Gasteiger partial charge in [-0.3, -0.25) is 4.79 Å². The van der Waals surface area contributed by atoms with E-state index in [0.717, 1.165) is 19.3 Å². The van der Waals surface area contributed by atoms with Gasteiger partial charge in [0.15, 0.2) is 0 Å². The van der Waals surface area contributed by atoms with Crippen LogP contribution in [0.2, 0.25) is 0 Å². The van der Waals surface area contributed by atoms with Crippen LogP contribution in [-0.4, -0.2) is 47.5 Å². The summed E-state index contributed by atoms with van der Waals surface area (Å²) < 4.78 is 59.3. The van der Waals surface area contributed by atoms with E-state index in [9.17, 15) is 28.2 Å². The van der Waals surface area contributed by atoms with Crippen molar-refractivity contribution >= 4 is 28.5 Å². The third-order valence-electron chi connectivity index (χ3n) is 8.75. The van der Waals surface area contributed by atoms with Crippen LogP contribution in [0.4, 0.5) is 13.2 Å². The lowest BCUT2D eigenvalue weighted by Crippen LogP contribution is -2.41. The molecule has 2 N–H and O–H groups in total. The number of aliphatic hydroxyl groups is 2. The summed E-state index contributed by atoms with van der Waals surface area (Å²) in [7, 11) is 0. The molecule has 0 fully saturated rings. The first-order chi connectivity index (χ1) is 22.5. The highest BCUT2D eigenvalue weighted by Crippen LogP contribution is 2.41. The van der Waals surface area contributed by atoms with E-state index in [1.807, 2.05) is 20.8 Å². The minimum atomic E-state index is -4.52. The van der Waals surface area contributed by atoms with Crippen molar-refractivity contribution in [2.24, 2.45) is 16.7 Å². The molecule has 0 bridgehead atoms. The van der Waals surface area contributed by atoms with E-state index in [1.54, 1.807) is 44.2 Å². The van der Waals surface area contributed by atoms with Crippen molar-refractivity contribution in [1.82, 2.24) is 0 Å². The fourth-order valence-corrected chi connectivity index (χ4v) is 6.29. The number of furan rings is 1. The fraction of sp³-hybridized carbons (Fsp3) is 0.605. The number of aryl methyl sites for hydroxylation is 1. The molecule has 10 heteroatoms. The van der Waals surface area contributed by atoms with Crippen molar-refractivity contribution in [3.8, 4) is 17.1 Å². The van der Waals surface area contributed by atoms with Crippen molar-refractivity contribution in [3.05, 3.63) is 53.6 Å². The number of esters is 1. The van der Waals surface area contributed by atoms with Gasteiger partial charge in [0.05, 0.1) is 23.7 Å². The number of rotatable bonds is 18. The Morgan fingerprint density at radius 3 is 2.38 bits per heavy atom. The molecule has 0 aliphatic rings. The second-order valence-corrected chi connectivity index (χ2v) is 15.1. The molecule has 48 heavy (non-hydrogen) atoms. The van der Waals surface area contributed by atoms with E-state index in [0.29, 0.717) is 54.6 Å². The Morgan fingerprint density at radius 2 is 1.75 bits per heavy atom. The molecule has 3 aromatic rings. The van der Waals surface area contributed by atoms with Crippen LogP contribution in [-0.2, 0) is 22.1 Å². The minimum absolute atomic E-state index is 0.0000554. The standard InChI is InChI=1S/C38H52ClF3O6/c1-7-8-9-11-26-13-16-31(32(19-26)38(40,41)42)34-20-28-14-15-30(21-33(28)48-34)46-17-10-12-27(22-43)18-29(44)23-47-35(45)37(6,25(2)39)24-36(3,4)5/h13-16,19-21,25,27,29,43-44H,7-12,17-18,22-24H2,1-6H3. The summed E-state index contributed by atoms with van der Waals surface area (Å²) >= 11 is 6.37. The Hall–Kier alpha value is -2.75. The third kappa shape index (κ3) is 11.4. The van der Waals surface area contributed by atoms with Gasteiger partial charge in [0.2, 0.25) is 0 Å². The molecule has 6 nitrogen and oxygen atoms in total. The van der Waals surface area contributed by atoms with E-state index in [2.05, 4.69) is 6.92 Å². The zero-order chi connectivity index (χ0) is 35.7. The minimum Gasteiger partial charge on any atom is -0.493 e. The first-order valence-electron chi connectivity index (χ1n) is 16.9. The molecule has 0 spiro atoms. The number of ether oxygens (including phenoxy) is 2. The molecule has 0 saturated heterocycles. The van der Waals surface area contributed by atoms with Crippen LogP contribution >= 0.6 is 11.6 Å². The van der Waals surface area contributed by atoms with Gasteiger partial charge in [-0.05, 0) is 93.5 Å². The molecule has 2 aromatic carbocycles. The first-order valence-corrected chi connectivity index (χ1v) is 17.4. The highest BCUT2D eigenvalue weighted by atomic mass is 35.5. The third-order valence-corrected chi connectivity index (χ3v) is 9.23. The van der Waals surface area contributed by atoms with Gasteiger partial charge in [-0.2, -0.15) is 13.2 Å². The number of alkyl halides is 4. The SMILES string of the molecule is CCCCCc1ccc(-c2cc3ccc(OCCCC(CO)CC(O)COC(=O)C(C)(CC(C)(C)C)C(C)Cl)cc3o2)c(C(F)(F)F)c1. The molecule has 0 radical (unpaired) electrons. The zero-order valence-corrected chi connectivity index (χ0v) is 29.8. The molecule has 4 unspecified atom stereocenters. The van der Waals surface area contributed by atoms with Crippen LogP contribution in [0.25, 0.3) is 22.3 Å². The number of hydrogen-bond donors (Lipinski definition) is 2. The average Bonchev–Trinajstić information content (AvgIpc) is 3.43. The molecule has 0 amide bonds. The summed E-state index contributed by atoms with van der Waals surface area (Å²) in [6.07, 6.45) is -0.157. The molecule has 0 aliphatic carbocycles. The van der Waals surface area contributed by atoms with Gasteiger partial charge in [-0.15, -0.1) is 11.6 Å². The topological polar surface area (TPSA) is 89.1 Å². The van der Waals surface area contributed by atoms with Crippen molar-refractivity contribution in [1.29, 1.82) is 0 Å². The highest BCUT2D eigenvalue weighted by Gasteiger charge is 2.43. The predicted molar refractivity (Wildman–Crippen MR) is 184 cm³/mol. The Labute approximate surface area is 288 Å². The second-order valence-electron chi connectivity index (χ2n) is 14.4. The number of fused-ring (bicyclic) bond motifs is 1. The number of unbranched alkanes of at least 4 members (excludes halogenated alkanes) is 2. The number of hydrogen-bond acceptors (Lipinski definition) is 6. The molecule has 1 heterocycles. The van der Waals surface area contributed by atoms with Crippen molar-refractivity contribution in [3.63, 3.8) is 0 Å². The van der Waals surface area contributed by atoms with Crippen LogP contribution in [0.1, 0.15) is 97.6 Å². The first kappa shape index (κ1) is 39.7. The van der Waals surface area contributed by atoms with E-state index >= 15 is 0 Å². The van der Waals surface area contributed by atoms with Crippen LogP contribution in [0, 0.1) is 16.7 Å². The highest BCUT2D eigenvalue weighted by molar-refractivity contribution is 6.22. The largest absolute Gasteiger partial charge is 0.493 e. The van der Waals surface area contributed by atoms with E-state index in [1.165, 1.54) is 12.1 Å². The Kier molecular flexibility index (Phi) is 14.3. The summed E-state index contributed by atoms with van der Waals surface area (Å²) in [6, 6.07) is 11.2. The summed E-state index contributed by atoms with van der Waals surface area (Å²) in [5, 5.41) is 20.6. The number of carbonyl (C=O) groups is 1. The molecule has 3 rings (SSSR count). The maximum absolute atomic E-state index is 14.0. The molecule has 268 valence electrons. The van der Waals surface area contributed by atoms with E-state index in [-0.39, 0.29) is 42.3 Å². The van der Waals surface area contributed by atoms with Gasteiger partial charge in [0, 0.05) is 29.0 Å². The van der Waals surface area contributed by atoms with Gasteiger partial charge in [0.1, 0.15) is 23.7 Å². The maximum Gasteiger partial charge on any atom is 0.417 e. The number of halogens is 4. The maximum atomic E-state index is 14.0. The smallest absolute Gasteiger partial charge is 0.417 e. The average molecular weight is 697 g/mol. The van der Waals surface area contributed by atoms with Gasteiger partial charge in [-0.25, -0.2) is 0 Å². The van der Waals surface area contributed by atoms with Crippen LogP contribution in [0.5, 0.6) is 5.75 Å². The summed E-state index contributed by atoms with van der Waals surface area (Å²) in [5.41, 5.74) is -0.692. The second kappa shape index (κ2) is 17.3. The Bertz CT molecular complexity index is 1460. The van der Waals surface area contributed by atoms with Gasteiger partial charge < -0.3 is 24.1 Å². The van der Waals surface area contributed by atoms with Crippen molar-refractivity contribution in [2.75, 3.05) is 19.8 Å². The van der Waals surface area contributed by atoms with Crippen molar-refractivity contribution < 1.29 is 42.1 Å². The van der Waals surface area contributed by atoms with Crippen LogP contribution in [0.3, 0.4) is 0 Å². The van der Waals surface area contributed by atoms with Gasteiger partial charge in [-0.1, -0.05) is 52.7 Å². The van der Waals surface area contributed by atoms with E-state index < -0.39 is 34.6 Å². The molecule has 4 atom stereocenters. The molecular formula is C38H52ClF3O6. The van der Waals surface area contributed by atoms with Crippen molar-refractivity contribution in [2.45, 2.75) is 111 Å². The van der Waals surface area contributed by atoms with Gasteiger partial charge >= 0.3 is 12.1 Å². The monoisotopic (exact) mass is 696 g/mol. The van der Waals surface area contributed by atoms with Crippen LogP contribution in [0.15, 0.2) is 46.9 Å². The Morgan fingerprint density at radius 1 is 1.02 bits per heavy atom. The summed E-state index contributed by atoms with van der Waals surface area (Å²) in [6.45, 7) is 11.7. The lowest BCUT2D eigenvalue weighted by Gasteiger charge is -2.35. The zero-order valence-electron chi connectivity index (χ0n) is 29.1. The number of carbonyl (C=O) groups excluding carboxylic acids is 1. The molecular weight excluding hydrogens is 645 g/mol.